The fourth-order valence-corrected chi connectivity index (χ4v) is 1.50. The number of quaternary nitrogens is 2. The third kappa shape index (κ3) is 9.92. The van der Waals surface area contributed by atoms with Gasteiger partial charge in [-0.3, -0.25) is 9.82 Å². The van der Waals surface area contributed by atoms with E-state index < -0.39 is 0 Å². The Hall–Kier alpha value is -0.540. The molecule has 0 bridgehead atoms. The van der Waals surface area contributed by atoms with Crippen molar-refractivity contribution in [3.05, 3.63) is 29.6 Å². The van der Waals surface area contributed by atoms with Gasteiger partial charge in [-0.2, -0.15) is 0 Å². The zero-order valence-corrected chi connectivity index (χ0v) is 16.5. The Balaban J connectivity index is -0.00000108. The van der Waals surface area contributed by atoms with Crippen molar-refractivity contribution in [2.75, 3.05) is 42.3 Å². The summed E-state index contributed by atoms with van der Waals surface area (Å²) in [4.78, 5) is 21.7. The summed E-state index contributed by atoms with van der Waals surface area (Å²) >= 11 is 0. The summed E-state index contributed by atoms with van der Waals surface area (Å²) in [7, 11) is 11.6. The quantitative estimate of drug-likeness (QED) is 0.353. The minimum atomic E-state index is -0.334. The summed E-state index contributed by atoms with van der Waals surface area (Å²) in [5.41, 5.74) is 1.31. The van der Waals surface area contributed by atoms with E-state index in [1.165, 1.54) is 0 Å². The van der Waals surface area contributed by atoms with Crippen LogP contribution >= 0.6 is 0 Å². The standard InChI is InChI=1S/C13H23N3O2.2BrH.H2O/c1-15(2,3)10-12-11(8-7-9-14-12)13(17)18-16(4,5)6;;;/h7-9H,10H2,1-6H3;2*1H;1H2/q+2;;;/p-2. The molecule has 0 aromatic carbocycles. The Morgan fingerprint density at radius 3 is 2.10 bits per heavy atom. The number of rotatable bonds is 4. The van der Waals surface area contributed by atoms with Gasteiger partial charge in [0.2, 0.25) is 0 Å². The highest BCUT2D eigenvalue weighted by molar-refractivity contribution is 5.90. The number of carbonyl (C=O) groups is 1. The van der Waals surface area contributed by atoms with Crippen LogP contribution in [0.15, 0.2) is 18.3 Å². The molecule has 21 heavy (non-hydrogen) atoms. The molecule has 0 spiro atoms. The van der Waals surface area contributed by atoms with Gasteiger partial charge in [-0.1, -0.05) is 0 Å². The van der Waals surface area contributed by atoms with E-state index >= 15 is 0 Å². The highest BCUT2D eigenvalue weighted by Gasteiger charge is 2.23. The summed E-state index contributed by atoms with van der Waals surface area (Å²) in [6.07, 6.45) is 1.70. The van der Waals surface area contributed by atoms with Gasteiger partial charge in [-0.15, -0.1) is 4.65 Å². The number of hydroxylamine groups is 3. The van der Waals surface area contributed by atoms with E-state index in [2.05, 4.69) is 26.1 Å². The largest absolute Gasteiger partial charge is 1.00 e. The van der Waals surface area contributed by atoms with Crippen LogP contribution in [0.25, 0.3) is 0 Å². The van der Waals surface area contributed by atoms with Gasteiger partial charge in [0, 0.05) is 6.20 Å². The first kappa shape index (κ1) is 25.4. The minimum Gasteiger partial charge on any atom is -1.00 e. The molecule has 1 rings (SSSR count). The lowest BCUT2D eigenvalue weighted by Gasteiger charge is -2.25. The molecule has 0 unspecified atom stereocenters. The maximum atomic E-state index is 12.1. The topological polar surface area (TPSA) is 70.7 Å². The number of hydrogen-bond donors (Lipinski definition) is 0. The lowest BCUT2D eigenvalue weighted by molar-refractivity contribution is -1.04. The van der Waals surface area contributed by atoms with E-state index in [4.69, 9.17) is 4.84 Å². The third-order valence-corrected chi connectivity index (χ3v) is 2.09. The van der Waals surface area contributed by atoms with Crippen molar-refractivity contribution in [3.63, 3.8) is 0 Å². The number of nitrogens with zero attached hydrogens (tertiary/aromatic N) is 3. The smallest absolute Gasteiger partial charge is 0.399 e. The number of aromatic nitrogens is 1. The SMILES string of the molecule is C[N+](C)(C)Cc1ncccc1C(=O)O[N+](C)(C)C.O.[Br-].[Br-]. The van der Waals surface area contributed by atoms with Crippen LogP contribution in [-0.4, -0.2) is 67.8 Å². The maximum absolute atomic E-state index is 12.1. The first-order valence-electron chi connectivity index (χ1n) is 5.88. The molecule has 0 aliphatic heterocycles. The number of halogens is 2. The molecule has 0 radical (unpaired) electrons. The van der Waals surface area contributed by atoms with Gasteiger partial charge >= 0.3 is 5.97 Å². The van der Waals surface area contributed by atoms with Crippen molar-refractivity contribution in [2.45, 2.75) is 6.54 Å². The number of pyridine rings is 1. The molecule has 0 saturated heterocycles. The van der Waals surface area contributed by atoms with E-state index in [0.29, 0.717) is 16.6 Å². The van der Waals surface area contributed by atoms with Gasteiger partial charge in [-0.25, -0.2) is 4.79 Å². The molecule has 2 N–H and O–H groups in total. The molecule has 0 fully saturated rings. The Morgan fingerprint density at radius 1 is 1.14 bits per heavy atom. The van der Waals surface area contributed by atoms with Crippen LogP contribution in [-0.2, 0) is 11.4 Å². The average molecular weight is 431 g/mol. The molecular formula is C13H25Br2N3O3. The van der Waals surface area contributed by atoms with Crippen molar-refractivity contribution in [1.29, 1.82) is 0 Å². The molecule has 0 atom stereocenters. The molecule has 1 aromatic rings. The lowest BCUT2D eigenvalue weighted by Crippen LogP contribution is -3.00. The average Bonchev–Trinajstić information content (AvgIpc) is 2.12. The molecule has 1 aromatic heterocycles. The van der Waals surface area contributed by atoms with Crippen molar-refractivity contribution >= 4 is 5.97 Å². The zero-order valence-electron chi connectivity index (χ0n) is 13.4. The summed E-state index contributed by atoms with van der Waals surface area (Å²) in [5, 5.41) is 0. The summed E-state index contributed by atoms with van der Waals surface area (Å²) in [5.74, 6) is -0.334. The fraction of sp³-hybridized carbons (Fsp3) is 0.538. The molecular weight excluding hydrogens is 406 g/mol. The Labute approximate surface area is 147 Å². The molecule has 0 saturated carbocycles. The van der Waals surface area contributed by atoms with E-state index in [-0.39, 0.29) is 50.1 Å². The van der Waals surface area contributed by atoms with Crippen LogP contribution < -0.4 is 34.0 Å². The first-order valence-corrected chi connectivity index (χ1v) is 5.88. The second-order valence-corrected chi connectivity index (χ2v) is 6.21. The Morgan fingerprint density at radius 2 is 1.67 bits per heavy atom. The Kier molecular flexibility index (Phi) is 11.5. The normalized spacial score (nSPS) is 10.6. The maximum Gasteiger partial charge on any atom is 0.399 e. The second-order valence-electron chi connectivity index (χ2n) is 6.21. The van der Waals surface area contributed by atoms with Gasteiger partial charge in [0.25, 0.3) is 0 Å². The van der Waals surface area contributed by atoms with E-state index in [9.17, 15) is 4.79 Å². The van der Waals surface area contributed by atoms with Crippen LogP contribution in [0.4, 0.5) is 0 Å². The van der Waals surface area contributed by atoms with E-state index in [1.807, 2.05) is 0 Å². The predicted octanol–water partition coefficient (Wildman–Crippen LogP) is -5.75. The third-order valence-electron chi connectivity index (χ3n) is 2.09. The predicted molar refractivity (Wildman–Crippen MR) is 73.0 cm³/mol. The lowest BCUT2D eigenvalue weighted by atomic mass is 10.2. The summed E-state index contributed by atoms with van der Waals surface area (Å²) in [6, 6.07) is 3.52. The van der Waals surface area contributed by atoms with Gasteiger partial charge in [0.15, 0.2) is 0 Å². The van der Waals surface area contributed by atoms with Crippen molar-refractivity contribution in [2.24, 2.45) is 0 Å². The minimum absolute atomic E-state index is 0. The molecule has 124 valence electrons. The fourth-order valence-electron chi connectivity index (χ4n) is 1.50. The molecule has 0 aliphatic carbocycles. The molecule has 8 heteroatoms. The monoisotopic (exact) mass is 429 g/mol. The van der Waals surface area contributed by atoms with E-state index in [0.717, 1.165) is 5.69 Å². The van der Waals surface area contributed by atoms with Crippen LogP contribution in [0.5, 0.6) is 0 Å². The van der Waals surface area contributed by atoms with Gasteiger partial charge < -0.3 is 43.9 Å². The van der Waals surface area contributed by atoms with Crippen LogP contribution in [0.1, 0.15) is 16.1 Å². The summed E-state index contributed by atoms with van der Waals surface area (Å²) < 4.78 is 0.846. The van der Waals surface area contributed by atoms with Gasteiger partial charge in [-0.05, 0) is 12.1 Å². The van der Waals surface area contributed by atoms with Crippen molar-refractivity contribution < 1.29 is 58.2 Å². The van der Waals surface area contributed by atoms with Crippen LogP contribution in [0.3, 0.4) is 0 Å². The number of hydrogen-bond acceptors (Lipinski definition) is 3. The van der Waals surface area contributed by atoms with Crippen LogP contribution in [0.2, 0.25) is 0 Å². The molecule has 0 amide bonds. The highest BCUT2D eigenvalue weighted by Crippen LogP contribution is 2.13. The first-order chi connectivity index (χ1) is 8.08. The van der Waals surface area contributed by atoms with E-state index in [1.54, 1.807) is 39.5 Å². The second kappa shape index (κ2) is 9.47. The van der Waals surface area contributed by atoms with Gasteiger partial charge in [0.1, 0.15) is 33.4 Å². The van der Waals surface area contributed by atoms with Crippen LogP contribution in [0, 0.1) is 0 Å². The highest BCUT2D eigenvalue weighted by atomic mass is 79.9. The Bertz CT molecular complexity index is 443. The van der Waals surface area contributed by atoms with Crippen molar-refractivity contribution in [3.8, 4) is 0 Å². The molecule has 6 nitrogen and oxygen atoms in total. The van der Waals surface area contributed by atoms with Crippen molar-refractivity contribution in [1.82, 2.24) is 4.98 Å². The van der Waals surface area contributed by atoms with Gasteiger partial charge in [0.05, 0.1) is 26.7 Å². The zero-order chi connectivity index (χ0) is 14.0. The summed E-state index contributed by atoms with van der Waals surface area (Å²) in [6.45, 7) is 0.683. The number of carbonyl (C=O) groups excluding carboxylic acids is 1. The molecule has 0 aliphatic rings. The molecule has 1 heterocycles.